The number of halogens is 1. The molecule has 3 heterocycles. The van der Waals surface area contributed by atoms with Gasteiger partial charge in [-0.05, 0) is 35.9 Å². The van der Waals surface area contributed by atoms with Crippen LogP contribution in [0.1, 0.15) is 38.9 Å². The molecule has 8 heteroatoms. The van der Waals surface area contributed by atoms with E-state index in [9.17, 15) is 14.0 Å². The van der Waals surface area contributed by atoms with E-state index in [2.05, 4.69) is 25.6 Å². The summed E-state index contributed by atoms with van der Waals surface area (Å²) in [6.07, 6.45) is 4.49. The zero-order valence-electron chi connectivity index (χ0n) is 16.8. The van der Waals surface area contributed by atoms with E-state index in [1.54, 1.807) is 18.3 Å². The highest BCUT2D eigenvalue weighted by atomic mass is 19.1. The number of hydrogen-bond donors (Lipinski definition) is 3. The number of fused-ring (bicyclic) bond motifs is 1. The Morgan fingerprint density at radius 1 is 1.03 bits per heavy atom. The molecular formula is C23H20FN5O2. The summed E-state index contributed by atoms with van der Waals surface area (Å²) in [6, 6.07) is 12.6. The number of aromatic amines is 1. The van der Waals surface area contributed by atoms with Crippen LogP contribution >= 0.6 is 0 Å². The zero-order chi connectivity index (χ0) is 21.8. The van der Waals surface area contributed by atoms with Crippen LogP contribution in [0.3, 0.4) is 0 Å². The summed E-state index contributed by atoms with van der Waals surface area (Å²) in [5.41, 5.74) is 4.23. The lowest BCUT2D eigenvalue weighted by Gasteiger charge is -2.10. The SMILES string of the molecule is CC(=O)c1cc2cc(NCc3cccc(NC(=O)c4cncc(CF)c4)c3)cnc2[nH]1. The Kier molecular flexibility index (Phi) is 5.70. The minimum Gasteiger partial charge on any atom is -0.380 e. The van der Waals surface area contributed by atoms with E-state index in [4.69, 9.17) is 0 Å². The summed E-state index contributed by atoms with van der Waals surface area (Å²) in [5.74, 6) is -0.394. The molecule has 0 bridgehead atoms. The first-order valence-electron chi connectivity index (χ1n) is 9.65. The minimum absolute atomic E-state index is 0.0430. The molecule has 3 aromatic heterocycles. The van der Waals surface area contributed by atoms with Gasteiger partial charge in [0, 0.05) is 42.5 Å². The maximum Gasteiger partial charge on any atom is 0.257 e. The number of pyridine rings is 2. The molecule has 0 aliphatic carbocycles. The van der Waals surface area contributed by atoms with Gasteiger partial charge < -0.3 is 15.6 Å². The number of amides is 1. The van der Waals surface area contributed by atoms with Crippen LogP contribution in [0.5, 0.6) is 0 Å². The smallest absolute Gasteiger partial charge is 0.257 e. The van der Waals surface area contributed by atoms with Gasteiger partial charge in [0.05, 0.1) is 23.1 Å². The number of ketones is 1. The van der Waals surface area contributed by atoms with E-state index in [1.165, 1.54) is 25.4 Å². The van der Waals surface area contributed by atoms with Crippen molar-refractivity contribution in [3.8, 4) is 0 Å². The molecule has 0 aliphatic heterocycles. The molecule has 4 rings (SSSR count). The van der Waals surface area contributed by atoms with E-state index in [0.717, 1.165) is 16.6 Å². The van der Waals surface area contributed by atoms with E-state index >= 15 is 0 Å². The highest BCUT2D eigenvalue weighted by Crippen LogP contribution is 2.19. The van der Waals surface area contributed by atoms with Crippen LogP contribution in [0.4, 0.5) is 15.8 Å². The van der Waals surface area contributed by atoms with E-state index < -0.39 is 6.67 Å². The van der Waals surface area contributed by atoms with Crippen molar-refractivity contribution in [3.63, 3.8) is 0 Å². The predicted molar refractivity (Wildman–Crippen MR) is 117 cm³/mol. The molecule has 4 aromatic rings. The molecule has 0 atom stereocenters. The van der Waals surface area contributed by atoms with Crippen LogP contribution < -0.4 is 10.6 Å². The Bertz CT molecular complexity index is 1270. The zero-order valence-corrected chi connectivity index (χ0v) is 16.8. The Hall–Kier alpha value is -4.07. The largest absolute Gasteiger partial charge is 0.380 e. The summed E-state index contributed by atoms with van der Waals surface area (Å²) in [6.45, 7) is 1.35. The van der Waals surface area contributed by atoms with E-state index in [0.29, 0.717) is 34.7 Å². The maximum absolute atomic E-state index is 12.8. The predicted octanol–water partition coefficient (Wildman–Crippen LogP) is 4.49. The molecule has 0 unspecified atom stereocenters. The van der Waals surface area contributed by atoms with Gasteiger partial charge in [-0.3, -0.25) is 14.6 Å². The average molecular weight is 417 g/mol. The van der Waals surface area contributed by atoms with Crippen molar-refractivity contribution in [3.05, 3.63) is 83.4 Å². The summed E-state index contributed by atoms with van der Waals surface area (Å²) in [5, 5.41) is 6.95. The summed E-state index contributed by atoms with van der Waals surface area (Å²) < 4.78 is 12.8. The monoisotopic (exact) mass is 417 g/mol. The van der Waals surface area contributed by atoms with Crippen molar-refractivity contribution < 1.29 is 14.0 Å². The number of alkyl halides is 1. The number of nitrogens with zero attached hydrogens (tertiary/aromatic N) is 2. The number of rotatable bonds is 7. The van der Waals surface area contributed by atoms with Gasteiger partial charge in [-0.1, -0.05) is 12.1 Å². The van der Waals surface area contributed by atoms with Gasteiger partial charge in [-0.15, -0.1) is 0 Å². The number of aromatic nitrogens is 3. The van der Waals surface area contributed by atoms with Gasteiger partial charge in [0.1, 0.15) is 12.3 Å². The molecule has 0 saturated carbocycles. The first-order chi connectivity index (χ1) is 15.0. The van der Waals surface area contributed by atoms with Crippen LogP contribution in [0, 0.1) is 0 Å². The molecule has 7 nitrogen and oxygen atoms in total. The van der Waals surface area contributed by atoms with Gasteiger partial charge in [-0.25, -0.2) is 9.37 Å². The van der Waals surface area contributed by atoms with Crippen molar-refractivity contribution in [1.29, 1.82) is 0 Å². The van der Waals surface area contributed by atoms with Crippen molar-refractivity contribution >= 4 is 34.1 Å². The number of hydrogen-bond acceptors (Lipinski definition) is 5. The lowest BCUT2D eigenvalue weighted by atomic mass is 10.1. The Balaban J connectivity index is 1.43. The quantitative estimate of drug-likeness (QED) is 0.385. The fourth-order valence-electron chi connectivity index (χ4n) is 3.15. The molecule has 0 radical (unpaired) electrons. The standard InChI is InChI=1S/C23H20FN5O2/c1-14(30)21-8-17-7-20(13-27-22(17)29-21)26-11-15-3-2-4-19(6-15)28-23(31)18-5-16(9-24)10-25-12-18/h2-8,10,12-13,26H,9,11H2,1H3,(H,27,29)(H,28,31). The number of H-pyrrole nitrogens is 1. The Morgan fingerprint density at radius 2 is 1.90 bits per heavy atom. The number of anilines is 2. The average Bonchev–Trinajstić information content (AvgIpc) is 3.22. The van der Waals surface area contributed by atoms with Gasteiger partial charge in [0.25, 0.3) is 5.91 Å². The highest BCUT2D eigenvalue weighted by Gasteiger charge is 2.09. The molecule has 1 amide bonds. The van der Waals surface area contributed by atoms with E-state index in [-0.39, 0.29) is 11.7 Å². The molecule has 1 aromatic carbocycles. The van der Waals surface area contributed by atoms with Crippen LogP contribution in [0.15, 0.2) is 61.1 Å². The summed E-state index contributed by atoms with van der Waals surface area (Å²) >= 11 is 0. The second-order valence-electron chi connectivity index (χ2n) is 7.12. The number of carbonyl (C=O) groups is 2. The second-order valence-corrected chi connectivity index (χ2v) is 7.12. The molecule has 31 heavy (non-hydrogen) atoms. The van der Waals surface area contributed by atoms with Gasteiger partial charge in [0.2, 0.25) is 0 Å². The first-order valence-corrected chi connectivity index (χ1v) is 9.65. The third-order valence-electron chi connectivity index (χ3n) is 4.74. The third-order valence-corrected chi connectivity index (χ3v) is 4.74. The van der Waals surface area contributed by atoms with Crippen LogP contribution in [0.2, 0.25) is 0 Å². The van der Waals surface area contributed by atoms with Crippen molar-refractivity contribution in [2.75, 3.05) is 10.6 Å². The fourth-order valence-corrected chi connectivity index (χ4v) is 3.15. The van der Waals surface area contributed by atoms with Gasteiger partial charge in [-0.2, -0.15) is 0 Å². The van der Waals surface area contributed by atoms with Crippen molar-refractivity contribution in [2.45, 2.75) is 20.1 Å². The molecule has 0 saturated heterocycles. The number of nitrogens with one attached hydrogen (secondary N) is 3. The summed E-state index contributed by atoms with van der Waals surface area (Å²) in [4.78, 5) is 35.2. The molecular weight excluding hydrogens is 397 g/mol. The number of carbonyl (C=O) groups excluding carboxylic acids is 2. The molecule has 0 aliphatic rings. The number of benzene rings is 1. The maximum atomic E-state index is 12.8. The van der Waals surface area contributed by atoms with Crippen molar-refractivity contribution in [1.82, 2.24) is 15.0 Å². The van der Waals surface area contributed by atoms with Gasteiger partial charge in [0.15, 0.2) is 5.78 Å². The highest BCUT2D eigenvalue weighted by molar-refractivity contribution is 6.04. The lowest BCUT2D eigenvalue weighted by molar-refractivity contribution is 0.101. The molecule has 156 valence electrons. The van der Waals surface area contributed by atoms with Crippen LogP contribution in [0.25, 0.3) is 11.0 Å². The van der Waals surface area contributed by atoms with Gasteiger partial charge >= 0.3 is 0 Å². The molecule has 3 N–H and O–H groups in total. The Labute approximate surface area is 177 Å². The fraction of sp³-hybridized carbons (Fsp3) is 0.130. The van der Waals surface area contributed by atoms with E-state index in [1.807, 2.05) is 24.3 Å². The molecule has 0 fully saturated rings. The van der Waals surface area contributed by atoms with Crippen molar-refractivity contribution in [2.24, 2.45) is 0 Å². The number of Topliss-reactive ketones (excluding diaryl/α,β-unsaturated/α-hetero) is 1. The molecule has 0 spiro atoms. The second kappa shape index (κ2) is 8.74. The third kappa shape index (κ3) is 4.75. The van der Waals surface area contributed by atoms with Crippen LogP contribution in [-0.2, 0) is 13.2 Å². The minimum atomic E-state index is -0.672. The normalized spacial score (nSPS) is 10.8. The lowest BCUT2D eigenvalue weighted by Crippen LogP contribution is -2.13. The first kappa shape index (κ1) is 20.2. The topological polar surface area (TPSA) is 99.8 Å². The Morgan fingerprint density at radius 3 is 2.71 bits per heavy atom. The summed E-state index contributed by atoms with van der Waals surface area (Å²) in [7, 11) is 0. The van der Waals surface area contributed by atoms with Crippen LogP contribution in [-0.4, -0.2) is 26.6 Å².